The Hall–Kier alpha value is 0.110. The van der Waals surface area contributed by atoms with E-state index in [0.717, 1.165) is 11.0 Å². The van der Waals surface area contributed by atoms with Crippen molar-refractivity contribution in [3.05, 3.63) is 0 Å². The summed E-state index contributed by atoms with van der Waals surface area (Å²) in [6.45, 7) is 1.77. The predicted molar refractivity (Wildman–Crippen MR) is 35.2 cm³/mol. The predicted octanol–water partition coefficient (Wildman–Crippen LogP) is 1.74. The smallest absolute Gasteiger partial charge is 0.304 e. The Morgan fingerprint density at radius 1 is 2.00 bits per heavy atom. The summed E-state index contributed by atoms with van der Waals surface area (Å²) < 4.78 is 0. The van der Waals surface area contributed by atoms with Crippen molar-refractivity contribution in [3.63, 3.8) is 0 Å². The molecule has 0 radical (unpaired) electrons. The third-order valence-electron chi connectivity index (χ3n) is 0.614. The number of carboxylic acids is 1. The number of halogens is 1. The van der Waals surface area contributed by atoms with Gasteiger partial charge in [0, 0.05) is 5.25 Å². The Kier molecular flexibility index (Phi) is 4.09. The number of aliphatic carboxylic acids is 1. The van der Waals surface area contributed by atoms with Gasteiger partial charge in [0.2, 0.25) is 0 Å². The molecule has 2 nitrogen and oxygen atoms in total. The van der Waals surface area contributed by atoms with Gasteiger partial charge in [0.1, 0.15) is 0 Å². The lowest BCUT2D eigenvalue weighted by molar-refractivity contribution is -0.136. The third-order valence-corrected chi connectivity index (χ3v) is 2.00. The molecule has 0 bridgehead atoms. The second kappa shape index (κ2) is 4.04. The van der Waals surface area contributed by atoms with Gasteiger partial charge in [-0.3, -0.25) is 4.79 Å². The van der Waals surface area contributed by atoms with Crippen LogP contribution in [0, 0.1) is 0 Å². The van der Waals surface area contributed by atoms with Crippen LogP contribution in [0.4, 0.5) is 0 Å². The highest BCUT2D eigenvalue weighted by molar-refractivity contribution is 8.21. The second-order valence-electron chi connectivity index (χ2n) is 1.50. The zero-order valence-corrected chi connectivity index (χ0v) is 6.00. The van der Waals surface area contributed by atoms with E-state index in [9.17, 15) is 4.79 Å². The van der Waals surface area contributed by atoms with Gasteiger partial charge in [-0.05, 0) is 10.7 Å². The van der Waals surface area contributed by atoms with Crippen LogP contribution in [0.5, 0.6) is 0 Å². The van der Waals surface area contributed by atoms with E-state index in [4.69, 9.17) is 15.8 Å². The number of hydrogen-bond donors (Lipinski definition) is 1. The SMILES string of the molecule is CC(CC(=O)O)SCl. The first-order chi connectivity index (χ1) is 3.66. The maximum atomic E-state index is 9.90. The Bertz CT molecular complexity index is 86.1. The number of rotatable bonds is 3. The highest BCUT2D eigenvalue weighted by Gasteiger charge is 2.04. The van der Waals surface area contributed by atoms with E-state index in [-0.39, 0.29) is 11.7 Å². The van der Waals surface area contributed by atoms with E-state index < -0.39 is 5.97 Å². The van der Waals surface area contributed by atoms with Gasteiger partial charge in [0.25, 0.3) is 0 Å². The van der Waals surface area contributed by atoms with E-state index in [1.54, 1.807) is 6.92 Å². The quantitative estimate of drug-likeness (QED) is 0.673. The average Bonchev–Trinajstić information content (AvgIpc) is 1.65. The minimum Gasteiger partial charge on any atom is -0.481 e. The van der Waals surface area contributed by atoms with Crippen LogP contribution in [0.3, 0.4) is 0 Å². The van der Waals surface area contributed by atoms with Gasteiger partial charge in [-0.15, -0.1) is 0 Å². The van der Waals surface area contributed by atoms with Crippen LogP contribution >= 0.6 is 21.7 Å². The normalized spacial score (nSPS) is 13.2. The van der Waals surface area contributed by atoms with Crippen LogP contribution in [0.25, 0.3) is 0 Å². The zero-order chi connectivity index (χ0) is 6.57. The molecule has 0 amide bonds. The molecule has 0 aromatic heterocycles. The van der Waals surface area contributed by atoms with E-state index >= 15 is 0 Å². The molecule has 0 rings (SSSR count). The standard InChI is InChI=1S/C4H7ClO2S/c1-3(8-5)2-4(6)7/h3H,2H2,1H3,(H,6,7). The van der Waals surface area contributed by atoms with Crippen LogP contribution in [-0.4, -0.2) is 16.3 Å². The van der Waals surface area contributed by atoms with Gasteiger partial charge in [0.05, 0.1) is 6.42 Å². The molecule has 0 aliphatic carbocycles. The fourth-order valence-electron chi connectivity index (χ4n) is 0.277. The molecule has 0 aliphatic rings. The Labute approximate surface area is 56.7 Å². The maximum absolute atomic E-state index is 9.90. The molecular weight excluding hydrogens is 148 g/mol. The molecule has 48 valence electrons. The molecule has 0 aliphatic heterocycles. The van der Waals surface area contributed by atoms with Crippen molar-refractivity contribution < 1.29 is 9.90 Å². The van der Waals surface area contributed by atoms with Gasteiger partial charge in [-0.25, -0.2) is 0 Å². The van der Waals surface area contributed by atoms with Crippen molar-refractivity contribution in [1.82, 2.24) is 0 Å². The lowest BCUT2D eigenvalue weighted by Crippen LogP contribution is -2.03. The molecule has 0 saturated carbocycles. The van der Waals surface area contributed by atoms with E-state index in [1.165, 1.54) is 0 Å². The van der Waals surface area contributed by atoms with Crippen LogP contribution in [0.2, 0.25) is 0 Å². The summed E-state index contributed by atoms with van der Waals surface area (Å²) in [5, 5.41) is 8.15. The molecule has 1 N–H and O–H groups in total. The van der Waals surface area contributed by atoms with Gasteiger partial charge >= 0.3 is 5.97 Å². The molecule has 1 unspecified atom stereocenters. The van der Waals surface area contributed by atoms with Crippen molar-refractivity contribution in [1.29, 1.82) is 0 Å². The molecule has 8 heavy (non-hydrogen) atoms. The summed E-state index contributed by atoms with van der Waals surface area (Å²) in [4.78, 5) is 9.90. The maximum Gasteiger partial charge on any atom is 0.304 e. The first-order valence-electron chi connectivity index (χ1n) is 2.16. The van der Waals surface area contributed by atoms with Gasteiger partial charge in [0.15, 0.2) is 0 Å². The Morgan fingerprint density at radius 2 is 2.50 bits per heavy atom. The molecule has 0 saturated heterocycles. The van der Waals surface area contributed by atoms with E-state index in [2.05, 4.69) is 0 Å². The third kappa shape index (κ3) is 4.27. The Morgan fingerprint density at radius 3 is 2.62 bits per heavy atom. The number of carbonyl (C=O) groups is 1. The number of carboxylic acid groups (broad SMARTS) is 1. The molecule has 0 heterocycles. The van der Waals surface area contributed by atoms with Crippen LogP contribution in [0.15, 0.2) is 0 Å². The summed E-state index contributed by atoms with van der Waals surface area (Å²) in [6, 6.07) is 0. The molecule has 0 spiro atoms. The number of hydrogen-bond acceptors (Lipinski definition) is 2. The van der Waals surface area contributed by atoms with Crippen LogP contribution in [0.1, 0.15) is 13.3 Å². The molecule has 1 atom stereocenters. The summed E-state index contributed by atoms with van der Waals surface area (Å²) in [5.74, 6) is -0.800. The molecular formula is C4H7ClO2S. The fourth-order valence-corrected chi connectivity index (χ4v) is 0.672. The molecule has 0 aromatic carbocycles. The van der Waals surface area contributed by atoms with Crippen molar-refractivity contribution in [3.8, 4) is 0 Å². The highest BCUT2D eigenvalue weighted by atomic mass is 35.7. The first-order valence-corrected chi connectivity index (χ1v) is 3.86. The topological polar surface area (TPSA) is 37.3 Å². The fraction of sp³-hybridized carbons (Fsp3) is 0.750. The van der Waals surface area contributed by atoms with Crippen LogP contribution < -0.4 is 0 Å². The summed E-state index contributed by atoms with van der Waals surface area (Å²) in [7, 11) is 6.29. The van der Waals surface area contributed by atoms with Crippen molar-refractivity contribution in [2.24, 2.45) is 0 Å². The van der Waals surface area contributed by atoms with Crippen LogP contribution in [-0.2, 0) is 4.79 Å². The van der Waals surface area contributed by atoms with Gasteiger partial charge in [-0.1, -0.05) is 17.9 Å². The highest BCUT2D eigenvalue weighted by Crippen LogP contribution is 2.17. The summed E-state index contributed by atoms with van der Waals surface area (Å²) in [6.07, 6.45) is 0.133. The lowest BCUT2D eigenvalue weighted by Gasteiger charge is -1.98. The molecule has 4 heteroatoms. The van der Waals surface area contributed by atoms with Crippen molar-refractivity contribution >= 4 is 27.6 Å². The minimum absolute atomic E-state index is 0.00849. The summed E-state index contributed by atoms with van der Waals surface area (Å²) >= 11 is 0. The molecule has 0 fully saturated rings. The van der Waals surface area contributed by atoms with Crippen molar-refractivity contribution in [2.75, 3.05) is 0 Å². The van der Waals surface area contributed by atoms with Crippen molar-refractivity contribution in [2.45, 2.75) is 18.6 Å². The van der Waals surface area contributed by atoms with E-state index in [1.807, 2.05) is 0 Å². The second-order valence-corrected chi connectivity index (χ2v) is 3.02. The largest absolute Gasteiger partial charge is 0.481 e. The lowest BCUT2D eigenvalue weighted by atomic mass is 10.3. The van der Waals surface area contributed by atoms with Gasteiger partial charge in [-0.2, -0.15) is 0 Å². The van der Waals surface area contributed by atoms with Gasteiger partial charge < -0.3 is 5.11 Å². The monoisotopic (exact) mass is 154 g/mol. The first kappa shape index (κ1) is 8.11. The zero-order valence-electron chi connectivity index (χ0n) is 4.43. The minimum atomic E-state index is -0.800. The Balaban J connectivity index is 3.24. The van der Waals surface area contributed by atoms with E-state index in [0.29, 0.717) is 0 Å². The molecule has 0 aromatic rings. The average molecular weight is 155 g/mol. The summed E-state index contributed by atoms with van der Waals surface area (Å²) in [5.41, 5.74) is 0.